The third kappa shape index (κ3) is 2.23. The van der Waals surface area contributed by atoms with Crippen LogP contribution in [0.4, 0.5) is 4.39 Å². The topological polar surface area (TPSA) is 92.0 Å². The molecule has 1 unspecified atom stereocenters. The maximum atomic E-state index is 12.8. The highest BCUT2D eigenvalue weighted by molar-refractivity contribution is 5.67. The fraction of sp³-hybridized carbons (Fsp3) is 0.167. The van der Waals surface area contributed by atoms with E-state index in [9.17, 15) is 14.3 Å². The summed E-state index contributed by atoms with van der Waals surface area (Å²) in [6, 6.07) is 4.70. The van der Waals surface area contributed by atoms with Crippen LogP contribution in [0.1, 0.15) is 18.8 Å². The summed E-state index contributed by atoms with van der Waals surface area (Å²) >= 11 is 0. The molecule has 0 saturated heterocycles. The van der Waals surface area contributed by atoms with Crippen molar-refractivity contribution in [1.82, 2.24) is 9.97 Å². The van der Waals surface area contributed by atoms with E-state index in [0.717, 1.165) is 0 Å². The molecule has 5 nitrogen and oxygen atoms in total. The first-order valence-electron chi connectivity index (χ1n) is 5.33. The van der Waals surface area contributed by atoms with Gasteiger partial charge in [0.05, 0.1) is 6.04 Å². The van der Waals surface area contributed by atoms with Crippen molar-refractivity contribution >= 4 is 0 Å². The van der Waals surface area contributed by atoms with Gasteiger partial charge >= 0.3 is 0 Å². The largest absolute Gasteiger partial charge is 0.493 e. The molecule has 94 valence electrons. The van der Waals surface area contributed by atoms with Crippen molar-refractivity contribution in [3.8, 4) is 17.0 Å². The predicted octanol–water partition coefficient (Wildman–Crippen LogP) is 1.30. The predicted molar refractivity (Wildman–Crippen MR) is 64.5 cm³/mol. The Morgan fingerprint density at radius 1 is 1.39 bits per heavy atom. The van der Waals surface area contributed by atoms with Crippen molar-refractivity contribution in [3.05, 3.63) is 46.3 Å². The van der Waals surface area contributed by atoms with Crippen LogP contribution < -0.4 is 11.3 Å². The number of aromatic nitrogens is 2. The van der Waals surface area contributed by atoms with E-state index >= 15 is 0 Å². The van der Waals surface area contributed by atoms with Crippen molar-refractivity contribution in [1.29, 1.82) is 0 Å². The van der Waals surface area contributed by atoms with Gasteiger partial charge in [0, 0.05) is 0 Å². The lowest BCUT2D eigenvalue weighted by Gasteiger charge is -2.08. The van der Waals surface area contributed by atoms with Crippen molar-refractivity contribution in [2.24, 2.45) is 5.73 Å². The van der Waals surface area contributed by atoms with Crippen LogP contribution in [0.15, 0.2) is 29.1 Å². The Balaban J connectivity index is 2.59. The SMILES string of the molecule is CC(N)c1nc(O)c(-c2ccc(F)cc2)c(=O)[nH]1. The number of benzene rings is 1. The van der Waals surface area contributed by atoms with Gasteiger partial charge in [-0.3, -0.25) is 4.79 Å². The number of hydrogen-bond donors (Lipinski definition) is 3. The number of nitrogens with two attached hydrogens (primary N) is 1. The number of hydrogen-bond acceptors (Lipinski definition) is 4. The molecule has 0 amide bonds. The van der Waals surface area contributed by atoms with E-state index in [0.29, 0.717) is 5.56 Å². The quantitative estimate of drug-likeness (QED) is 0.748. The van der Waals surface area contributed by atoms with Crippen molar-refractivity contribution < 1.29 is 9.50 Å². The average molecular weight is 249 g/mol. The Morgan fingerprint density at radius 3 is 2.50 bits per heavy atom. The molecule has 0 spiro atoms. The number of nitrogens with one attached hydrogen (secondary N) is 1. The molecule has 0 aliphatic rings. The van der Waals surface area contributed by atoms with E-state index in [1.165, 1.54) is 24.3 Å². The van der Waals surface area contributed by atoms with Crippen LogP contribution >= 0.6 is 0 Å². The number of rotatable bonds is 2. The minimum atomic E-state index is -0.513. The molecule has 0 aliphatic heterocycles. The van der Waals surface area contributed by atoms with Gasteiger partial charge in [0.25, 0.3) is 5.56 Å². The van der Waals surface area contributed by atoms with Crippen molar-refractivity contribution in [2.45, 2.75) is 13.0 Å². The monoisotopic (exact) mass is 249 g/mol. The minimum absolute atomic E-state index is 0.000556. The highest BCUT2D eigenvalue weighted by Crippen LogP contribution is 2.23. The van der Waals surface area contributed by atoms with E-state index in [1.807, 2.05) is 0 Å². The molecule has 2 aromatic rings. The second-order valence-electron chi connectivity index (χ2n) is 3.95. The van der Waals surface area contributed by atoms with Crippen LogP contribution in [0.5, 0.6) is 5.88 Å². The van der Waals surface area contributed by atoms with Gasteiger partial charge in [-0.2, -0.15) is 4.98 Å². The van der Waals surface area contributed by atoms with E-state index in [1.54, 1.807) is 6.92 Å². The molecule has 0 saturated carbocycles. The van der Waals surface area contributed by atoms with E-state index in [2.05, 4.69) is 9.97 Å². The van der Waals surface area contributed by atoms with E-state index in [-0.39, 0.29) is 11.4 Å². The van der Waals surface area contributed by atoms with Gasteiger partial charge in [-0.1, -0.05) is 12.1 Å². The molecule has 0 aliphatic carbocycles. The van der Waals surface area contributed by atoms with Gasteiger partial charge in [0.15, 0.2) is 0 Å². The number of aromatic hydroxyl groups is 1. The summed E-state index contributed by atoms with van der Waals surface area (Å²) in [5.41, 5.74) is 5.44. The number of halogens is 1. The molecular formula is C12H12FN3O2. The third-order valence-electron chi connectivity index (χ3n) is 2.48. The van der Waals surface area contributed by atoms with Crippen LogP contribution in [0.2, 0.25) is 0 Å². The normalized spacial score (nSPS) is 12.4. The summed E-state index contributed by atoms with van der Waals surface area (Å²) in [6.07, 6.45) is 0. The van der Waals surface area contributed by atoms with E-state index < -0.39 is 23.3 Å². The maximum Gasteiger partial charge on any atom is 0.262 e. The summed E-state index contributed by atoms with van der Waals surface area (Å²) in [6.45, 7) is 1.63. The van der Waals surface area contributed by atoms with Gasteiger partial charge in [-0.05, 0) is 24.6 Å². The van der Waals surface area contributed by atoms with Crippen LogP contribution in [0, 0.1) is 5.82 Å². The molecule has 0 fully saturated rings. The first kappa shape index (κ1) is 12.3. The second-order valence-corrected chi connectivity index (χ2v) is 3.95. The molecule has 0 bridgehead atoms. The molecule has 4 N–H and O–H groups in total. The molecule has 1 aromatic carbocycles. The minimum Gasteiger partial charge on any atom is -0.493 e. The average Bonchev–Trinajstić information content (AvgIpc) is 2.30. The Kier molecular flexibility index (Phi) is 3.12. The summed E-state index contributed by atoms with van der Waals surface area (Å²) in [5.74, 6) is -0.643. The van der Waals surface area contributed by atoms with Gasteiger partial charge < -0.3 is 15.8 Å². The molecule has 0 radical (unpaired) electrons. The van der Waals surface area contributed by atoms with Gasteiger partial charge in [-0.15, -0.1) is 0 Å². The molecule has 6 heteroatoms. The number of H-pyrrole nitrogens is 1. The first-order chi connectivity index (χ1) is 8.49. The molecule has 2 rings (SSSR count). The lowest BCUT2D eigenvalue weighted by molar-refractivity contribution is 0.447. The molecule has 1 heterocycles. The highest BCUT2D eigenvalue weighted by atomic mass is 19.1. The first-order valence-corrected chi connectivity index (χ1v) is 5.33. The van der Waals surface area contributed by atoms with Gasteiger partial charge in [-0.25, -0.2) is 4.39 Å². The number of nitrogens with zero attached hydrogens (tertiary/aromatic N) is 1. The van der Waals surface area contributed by atoms with Crippen LogP contribution in [-0.2, 0) is 0 Å². The maximum absolute atomic E-state index is 12.8. The fourth-order valence-corrected chi connectivity index (χ4v) is 1.57. The lowest BCUT2D eigenvalue weighted by Crippen LogP contribution is -2.19. The molecular weight excluding hydrogens is 237 g/mol. The fourth-order valence-electron chi connectivity index (χ4n) is 1.57. The van der Waals surface area contributed by atoms with Crippen LogP contribution in [0.25, 0.3) is 11.1 Å². The summed E-state index contributed by atoms with van der Waals surface area (Å²) < 4.78 is 12.8. The Hall–Kier alpha value is -2.21. The van der Waals surface area contributed by atoms with Gasteiger partial charge in [0.1, 0.15) is 17.2 Å². The zero-order chi connectivity index (χ0) is 13.3. The number of aromatic amines is 1. The van der Waals surface area contributed by atoms with Crippen LogP contribution in [-0.4, -0.2) is 15.1 Å². The Labute approximate surface area is 102 Å². The highest BCUT2D eigenvalue weighted by Gasteiger charge is 2.14. The van der Waals surface area contributed by atoms with E-state index in [4.69, 9.17) is 5.73 Å². The second kappa shape index (κ2) is 4.58. The zero-order valence-corrected chi connectivity index (χ0v) is 9.64. The Morgan fingerprint density at radius 2 is 2.00 bits per heavy atom. The molecule has 1 atom stereocenters. The summed E-state index contributed by atoms with van der Waals surface area (Å²) in [7, 11) is 0. The summed E-state index contributed by atoms with van der Waals surface area (Å²) in [4.78, 5) is 18.1. The molecule has 18 heavy (non-hydrogen) atoms. The van der Waals surface area contributed by atoms with Gasteiger partial charge in [0.2, 0.25) is 5.88 Å². The molecule has 1 aromatic heterocycles. The van der Waals surface area contributed by atoms with Crippen LogP contribution in [0.3, 0.4) is 0 Å². The standard InChI is InChI=1S/C12H12FN3O2/c1-6(14)10-15-11(17)9(12(18)16-10)7-2-4-8(13)5-3-7/h2-6H,14H2,1H3,(H2,15,16,17,18). The summed E-state index contributed by atoms with van der Waals surface area (Å²) in [5, 5.41) is 9.76. The zero-order valence-electron chi connectivity index (χ0n) is 9.64. The lowest BCUT2D eigenvalue weighted by atomic mass is 10.1. The Bertz CT molecular complexity index is 620. The van der Waals surface area contributed by atoms with Crippen molar-refractivity contribution in [2.75, 3.05) is 0 Å². The third-order valence-corrected chi connectivity index (χ3v) is 2.48. The van der Waals surface area contributed by atoms with Crippen molar-refractivity contribution in [3.63, 3.8) is 0 Å². The smallest absolute Gasteiger partial charge is 0.262 e.